The molecule has 1 aromatic rings. The van der Waals surface area contributed by atoms with Gasteiger partial charge in [-0.3, -0.25) is 0 Å². The molecule has 3 heteroatoms. The number of hydrogen-bond donors (Lipinski definition) is 0. The Morgan fingerprint density at radius 3 is 3.08 bits per heavy atom. The Kier molecular flexibility index (Phi) is 2.42. The van der Waals surface area contributed by atoms with Crippen LogP contribution in [0.4, 0.5) is 0 Å². The van der Waals surface area contributed by atoms with Gasteiger partial charge in [0.05, 0.1) is 24.7 Å². The van der Waals surface area contributed by atoms with E-state index in [4.69, 9.17) is 9.15 Å². The molecule has 0 unspecified atom stereocenters. The zero-order valence-electron chi connectivity index (χ0n) is 7.08. The molecule has 1 atom stereocenters. The van der Waals surface area contributed by atoms with Crippen molar-refractivity contribution in [2.75, 3.05) is 12.4 Å². The van der Waals surface area contributed by atoms with E-state index in [-0.39, 0.29) is 0 Å². The van der Waals surface area contributed by atoms with E-state index in [9.17, 15) is 0 Å². The third kappa shape index (κ3) is 2.05. The molecular weight excluding hydrogens is 172 g/mol. The predicted octanol–water partition coefficient (Wildman–Crippen LogP) is 2.22. The maximum atomic E-state index is 5.30. The Morgan fingerprint density at radius 1 is 1.67 bits per heavy atom. The highest BCUT2D eigenvalue weighted by molar-refractivity contribution is 7.98. The van der Waals surface area contributed by atoms with Crippen LogP contribution in [0.5, 0.6) is 0 Å². The number of aryl methyl sites for hydroxylation is 1. The molecule has 0 radical (unpaired) electrons. The van der Waals surface area contributed by atoms with E-state index < -0.39 is 0 Å². The maximum absolute atomic E-state index is 5.30. The van der Waals surface area contributed by atoms with E-state index in [1.807, 2.05) is 17.8 Å². The maximum Gasteiger partial charge on any atom is 0.116 e. The van der Waals surface area contributed by atoms with E-state index in [0.29, 0.717) is 6.10 Å². The van der Waals surface area contributed by atoms with Crippen molar-refractivity contribution < 1.29 is 9.15 Å². The van der Waals surface area contributed by atoms with Gasteiger partial charge in [0.2, 0.25) is 0 Å². The molecule has 2 nitrogen and oxygen atoms in total. The van der Waals surface area contributed by atoms with Crippen molar-refractivity contribution >= 4 is 11.8 Å². The summed E-state index contributed by atoms with van der Waals surface area (Å²) in [6.45, 7) is 3.02. The molecule has 1 aromatic heterocycles. The number of epoxide rings is 1. The van der Waals surface area contributed by atoms with Gasteiger partial charge in [0.1, 0.15) is 5.76 Å². The molecule has 12 heavy (non-hydrogen) atoms. The summed E-state index contributed by atoms with van der Waals surface area (Å²) in [4.78, 5) is 0. The lowest BCUT2D eigenvalue weighted by molar-refractivity contribution is 0.426. The lowest BCUT2D eigenvalue weighted by Crippen LogP contribution is -1.90. The summed E-state index contributed by atoms with van der Waals surface area (Å²) in [5.41, 5.74) is 1.25. The molecule has 2 rings (SSSR count). The number of furan rings is 1. The van der Waals surface area contributed by atoms with E-state index >= 15 is 0 Å². The van der Waals surface area contributed by atoms with E-state index in [1.54, 1.807) is 6.26 Å². The molecule has 1 aliphatic heterocycles. The Morgan fingerprint density at radius 2 is 2.50 bits per heavy atom. The molecule has 1 fully saturated rings. The molecule has 0 aliphatic carbocycles. The van der Waals surface area contributed by atoms with Crippen LogP contribution in [-0.4, -0.2) is 18.5 Å². The van der Waals surface area contributed by atoms with Gasteiger partial charge >= 0.3 is 0 Å². The second kappa shape index (κ2) is 3.54. The smallest absolute Gasteiger partial charge is 0.116 e. The standard InChI is InChI=1S/C9H12O2S/c1-7-2-3-10-9(7)6-12-5-8-4-11-8/h2-3,8H,4-6H2,1H3/t8-/m0/s1. The zero-order chi connectivity index (χ0) is 8.39. The van der Waals surface area contributed by atoms with Crippen molar-refractivity contribution in [2.45, 2.75) is 18.8 Å². The van der Waals surface area contributed by atoms with Gasteiger partial charge in [0.25, 0.3) is 0 Å². The Hall–Kier alpha value is -0.410. The molecule has 0 aromatic carbocycles. The summed E-state index contributed by atoms with van der Waals surface area (Å²) in [6.07, 6.45) is 2.27. The summed E-state index contributed by atoms with van der Waals surface area (Å²) in [6, 6.07) is 2.00. The summed E-state index contributed by atoms with van der Waals surface area (Å²) in [5, 5.41) is 0. The first kappa shape index (κ1) is 8.20. The van der Waals surface area contributed by atoms with Crippen LogP contribution < -0.4 is 0 Å². The second-order valence-electron chi connectivity index (χ2n) is 3.00. The van der Waals surface area contributed by atoms with Gasteiger partial charge in [-0.1, -0.05) is 0 Å². The van der Waals surface area contributed by atoms with E-state index in [2.05, 4.69) is 6.92 Å². The number of rotatable bonds is 4. The predicted molar refractivity (Wildman–Crippen MR) is 49.3 cm³/mol. The summed E-state index contributed by atoms with van der Waals surface area (Å²) in [5.74, 6) is 3.17. The van der Waals surface area contributed by atoms with Crippen molar-refractivity contribution in [3.8, 4) is 0 Å². The van der Waals surface area contributed by atoms with Crippen LogP contribution >= 0.6 is 11.8 Å². The fourth-order valence-electron chi connectivity index (χ4n) is 0.999. The van der Waals surface area contributed by atoms with Gasteiger partial charge in [-0.2, -0.15) is 11.8 Å². The highest BCUT2D eigenvalue weighted by atomic mass is 32.2. The average molecular weight is 184 g/mol. The fraction of sp³-hybridized carbons (Fsp3) is 0.556. The van der Waals surface area contributed by atoms with Gasteiger partial charge in [-0.25, -0.2) is 0 Å². The van der Waals surface area contributed by atoms with Crippen molar-refractivity contribution in [2.24, 2.45) is 0 Å². The molecule has 66 valence electrons. The van der Waals surface area contributed by atoms with Gasteiger partial charge in [0.15, 0.2) is 0 Å². The van der Waals surface area contributed by atoms with Crippen LogP contribution in [-0.2, 0) is 10.5 Å². The third-order valence-electron chi connectivity index (χ3n) is 1.91. The van der Waals surface area contributed by atoms with Crippen LogP contribution in [0, 0.1) is 6.92 Å². The van der Waals surface area contributed by atoms with Crippen LogP contribution in [0.3, 0.4) is 0 Å². The molecule has 2 heterocycles. The van der Waals surface area contributed by atoms with Crippen molar-refractivity contribution in [1.82, 2.24) is 0 Å². The number of thioether (sulfide) groups is 1. The van der Waals surface area contributed by atoms with Crippen molar-refractivity contribution in [1.29, 1.82) is 0 Å². The highest BCUT2D eigenvalue weighted by Gasteiger charge is 2.21. The lowest BCUT2D eigenvalue weighted by Gasteiger charge is -1.96. The van der Waals surface area contributed by atoms with Gasteiger partial charge in [0, 0.05) is 5.75 Å². The second-order valence-corrected chi connectivity index (χ2v) is 4.03. The summed E-state index contributed by atoms with van der Waals surface area (Å²) < 4.78 is 10.4. The molecule has 0 saturated carbocycles. The zero-order valence-corrected chi connectivity index (χ0v) is 7.89. The first-order chi connectivity index (χ1) is 5.86. The quantitative estimate of drug-likeness (QED) is 0.671. The topological polar surface area (TPSA) is 25.7 Å². The van der Waals surface area contributed by atoms with Crippen LogP contribution in [0.2, 0.25) is 0 Å². The van der Waals surface area contributed by atoms with Crippen molar-refractivity contribution in [3.63, 3.8) is 0 Å². The molecule has 1 aliphatic rings. The van der Waals surface area contributed by atoms with Crippen LogP contribution in [0.15, 0.2) is 16.7 Å². The first-order valence-corrected chi connectivity index (χ1v) is 5.24. The molecule has 0 spiro atoms. The van der Waals surface area contributed by atoms with Gasteiger partial charge in [-0.05, 0) is 18.6 Å². The monoisotopic (exact) mass is 184 g/mol. The Balaban J connectivity index is 1.75. The largest absolute Gasteiger partial charge is 0.468 e. The Labute approximate surface area is 76.3 Å². The molecule has 0 N–H and O–H groups in total. The number of ether oxygens (including phenoxy) is 1. The van der Waals surface area contributed by atoms with E-state index in [1.165, 1.54) is 5.56 Å². The minimum atomic E-state index is 0.519. The van der Waals surface area contributed by atoms with Crippen molar-refractivity contribution in [3.05, 3.63) is 23.7 Å². The van der Waals surface area contributed by atoms with Gasteiger partial charge in [-0.15, -0.1) is 0 Å². The van der Waals surface area contributed by atoms with E-state index in [0.717, 1.165) is 23.9 Å². The first-order valence-electron chi connectivity index (χ1n) is 4.08. The summed E-state index contributed by atoms with van der Waals surface area (Å²) >= 11 is 1.88. The summed E-state index contributed by atoms with van der Waals surface area (Å²) in [7, 11) is 0. The Bertz CT molecular complexity index is 253. The molecule has 0 amide bonds. The fourth-order valence-corrected chi connectivity index (χ4v) is 2.05. The highest BCUT2D eigenvalue weighted by Crippen LogP contribution is 2.21. The molecular formula is C9H12O2S. The number of hydrogen-bond acceptors (Lipinski definition) is 3. The third-order valence-corrected chi connectivity index (χ3v) is 2.98. The minimum Gasteiger partial charge on any atom is -0.468 e. The van der Waals surface area contributed by atoms with Gasteiger partial charge < -0.3 is 9.15 Å². The lowest BCUT2D eigenvalue weighted by atomic mass is 10.3. The average Bonchev–Trinajstić information content (AvgIpc) is 2.78. The normalized spacial score (nSPS) is 21.2. The van der Waals surface area contributed by atoms with Crippen LogP contribution in [0.25, 0.3) is 0 Å². The molecule has 1 saturated heterocycles. The van der Waals surface area contributed by atoms with Crippen LogP contribution in [0.1, 0.15) is 11.3 Å². The minimum absolute atomic E-state index is 0.519. The molecule has 0 bridgehead atoms. The SMILES string of the molecule is Cc1ccoc1CSC[C@@H]1CO1.